The highest BCUT2D eigenvalue weighted by atomic mass is 32.1. The third kappa shape index (κ3) is 5.02. The number of anilines is 2. The first kappa shape index (κ1) is 18.8. The van der Waals surface area contributed by atoms with Crippen molar-refractivity contribution in [3.8, 4) is 11.4 Å². The van der Waals surface area contributed by atoms with Gasteiger partial charge >= 0.3 is 0 Å². The highest BCUT2D eigenvalue weighted by Gasteiger charge is 2.12. The Hall–Kier alpha value is -3.59. The van der Waals surface area contributed by atoms with Gasteiger partial charge in [-0.25, -0.2) is 9.97 Å². The molecule has 0 aliphatic carbocycles. The Morgan fingerprint density at radius 3 is 2.76 bits per heavy atom. The lowest BCUT2D eigenvalue weighted by Crippen LogP contribution is -2.24. The fraction of sp³-hybridized carbons (Fsp3) is 0.150. The van der Waals surface area contributed by atoms with Gasteiger partial charge < -0.3 is 15.2 Å². The second kappa shape index (κ2) is 8.61. The van der Waals surface area contributed by atoms with Gasteiger partial charge in [0.05, 0.1) is 18.7 Å². The van der Waals surface area contributed by atoms with Crippen LogP contribution in [0.5, 0.6) is 0 Å². The maximum absolute atomic E-state index is 12.2. The van der Waals surface area contributed by atoms with Crippen LogP contribution in [0, 0.1) is 6.92 Å². The Kier molecular flexibility index (Phi) is 5.57. The largest absolute Gasteiger partial charge is 0.347 e. The van der Waals surface area contributed by atoms with Gasteiger partial charge in [-0.15, -0.1) is 11.3 Å². The summed E-state index contributed by atoms with van der Waals surface area (Å²) in [6.07, 6.45) is 0.166. The van der Waals surface area contributed by atoms with Crippen molar-refractivity contribution in [2.24, 2.45) is 0 Å². The number of benzene rings is 1. The number of carbonyl (C=O) groups excluding carboxylic acids is 1. The zero-order chi connectivity index (χ0) is 20.1. The number of rotatable bonds is 7. The summed E-state index contributed by atoms with van der Waals surface area (Å²) >= 11 is 1.42. The van der Waals surface area contributed by atoms with Crippen LogP contribution in [0.1, 0.15) is 17.3 Å². The molecule has 29 heavy (non-hydrogen) atoms. The van der Waals surface area contributed by atoms with Crippen molar-refractivity contribution >= 4 is 28.2 Å². The summed E-state index contributed by atoms with van der Waals surface area (Å²) in [5.74, 6) is 1.40. The molecule has 0 radical (unpaired) electrons. The number of nitrogens with one attached hydrogen (secondary N) is 2. The standard InChI is InChI=1S/C20H18N6O2S/c1-13-6-5-9-16(22-13)24-20-23-15(12-29-20)10-17(27)21-11-18-25-19(26-28-18)14-7-3-2-4-8-14/h2-9,12H,10-11H2,1H3,(H,21,27)(H,22,23,24). The van der Waals surface area contributed by atoms with Gasteiger partial charge in [0.1, 0.15) is 5.82 Å². The van der Waals surface area contributed by atoms with Crippen LogP contribution in [-0.2, 0) is 17.8 Å². The summed E-state index contributed by atoms with van der Waals surface area (Å²) in [5.41, 5.74) is 2.46. The minimum Gasteiger partial charge on any atom is -0.347 e. The number of amides is 1. The maximum atomic E-state index is 12.2. The molecule has 3 aromatic heterocycles. The first-order valence-corrected chi connectivity index (χ1v) is 9.83. The number of carbonyl (C=O) groups is 1. The molecule has 0 fully saturated rings. The lowest BCUT2D eigenvalue weighted by Gasteiger charge is -2.02. The number of hydrogen-bond donors (Lipinski definition) is 2. The Balaban J connectivity index is 1.29. The van der Waals surface area contributed by atoms with Crippen molar-refractivity contribution < 1.29 is 9.32 Å². The van der Waals surface area contributed by atoms with E-state index in [4.69, 9.17) is 4.52 Å². The van der Waals surface area contributed by atoms with E-state index in [1.807, 2.05) is 60.8 Å². The van der Waals surface area contributed by atoms with Gasteiger partial charge in [0.25, 0.3) is 0 Å². The van der Waals surface area contributed by atoms with Gasteiger partial charge in [0, 0.05) is 16.6 Å². The normalized spacial score (nSPS) is 10.7. The van der Waals surface area contributed by atoms with Gasteiger partial charge in [0.15, 0.2) is 5.13 Å². The number of nitrogens with zero attached hydrogens (tertiary/aromatic N) is 4. The average molecular weight is 406 g/mol. The third-order valence-corrected chi connectivity index (χ3v) is 4.76. The third-order valence-electron chi connectivity index (χ3n) is 3.95. The topological polar surface area (TPSA) is 106 Å². The van der Waals surface area contributed by atoms with Crippen molar-refractivity contribution in [1.29, 1.82) is 0 Å². The first-order valence-electron chi connectivity index (χ1n) is 8.95. The molecule has 1 aromatic carbocycles. The number of aromatic nitrogens is 4. The Morgan fingerprint density at radius 1 is 1.07 bits per heavy atom. The van der Waals surface area contributed by atoms with Crippen LogP contribution in [0.15, 0.2) is 58.4 Å². The molecular weight excluding hydrogens is 388 g/mol. The van der Waals surface area contributed by atoms with Crippen LogP contribution >= 0.6 is 11.3 Å². The quantitative estimate of drug-likeness (QED) is 0.484. The molecule has 0 bridgehead atoms. The first-order chi connectivity index (χ1) is 14.2. The molecule has 0 saturated carbocycles. The van der Waals surface area contributed by atoms with E-state index in [0.717, 1.165) is 17.1 Å². The summed E-state index contributed by atoms with van der Waals surface area (Å²) in [4.78, 5) is 25.3. The Labute approximate surface area is 171 Å². The lowest BCUT2D eigenvalue weighted by molar-refractivity contribution is -0.120. The van der Waals surface area contributed by atoms with E-state index in [0.29, 0.717) is 22.5 Å². The SMILES string of the molecule is Cc1cccc(Nc2nc(CC(=O)NCc3nc(-c4ccccc4)no3)cs2)n1. The van der Waals surface area contributed by atoms with Crippen LogP contribution in [0.4, 0.5) is 10.9 Å². The molecule has 0 aliphatic heterocycles. The average Bonchev–Trinajstić information content (AvgIpc) is 3.37. The zero-order valence-corrected chi connectivity index (χ0v) is 16.4. The van der Waals surface area contributed by atoms with Gasteiger partial charge in [-0.1, -0.05) is 41.6 Å². The molecule has 146 valence electrons. The number of aryl methyl sites for hydroxylation is 1. The van der Waals surface area contributed by atoms with E-state index in [1.54, 1.807) is 0 Å². The smallest absolute Gasteiger partial charge is 0.246 e. The molecule has 2 N–H and O–H groups in total. The molecular formula is C20H18N6O2S. The maximum Gasteiger partial charge on any atom is 0.246 e. The van der Waals surface area contributed by atoms with Crippen LogP contribution in [-0.4, -0.2) is 26.0 Å². The molecule has 8 nitrogen and oxygen atoms in total. The minimum absolute atomic E-state index is 0.166. The van der Waals surface area contributed by atoms with E-state index in [1.165, 1.54) is 11.3 Å². The summed E-state index contributed by atoms with van der Waals surface area (Å²) in [7, 11) is 0. The lowest BCUT2D eigenvalue weighted by atomic mass is 10.2. The fourth-order valence-electron chi connectivity index (χ4n) is 2.60. The van der Waals surface area contributed by atoms with E-state index in [-0.39, 0.29) is 18.9 Å². The molecule has 0 unspecified atom stereocenters. The van der Waals surface area contributed by atoms with Crippen LogP contribution in [0.2, 0.25) is 0 Å². The van der Waals surface area contributed by atoms with Crippen molar-refractivity contribution in [3.05, 3.63) is 71.2 Å². The molecule has 4 rings (SSSR count). The predicted octanol–water partition coefficient (Wildman–Crippen LogP) is 3.50. The molecule has 3 heterocycles. The van der Waals surface area contributed by atoms with E-state index in [2.05, 4.69) is 30.7 Å². The van der Waals surface area contributed by atoms with Crippen molar-refractivity contribution in [1.82, 2.24) is 25.4 Å². The van der Waals surface area contributed by atoms with Gasteiger partial charge in [0.2, 0.25) is 17.6 Å². The molecule has 0 aliphatic rings. The van der Waals surface area contributed by atoms with Gasteiger partial charge in [-0.05, 0) is 19.1 Å². The predicted molar refractivity (Wildman–Crippen MR) is 110 cm³/mol. The molecule has 0 spiro atoms. The highest BCUT2D eigenvalue weighted by molar-refractivity contribution is 7.13. The van der Waals surface area contributed by atoms with Crippen molar-refractivity contribution in [2.75, 3.05) is 5.32 Å². The summed E-state index contributed by atoms with van der Waals surface area (Å²) < 4.78 is 5.19. The molecule has 0 atom stereocenters. The Bertz CT molecular complexity index is 1110. The zero-order valence-electron chi connectivity index (χ0n) is 15.6. The Morgan fingerprint density at radius 2 is 1.93 bits per heavy atom. The summed E-state index contributed by atoms with van der Waals surface area (Å²) in [5, 5.41) is 12.4. The molecule has 0 saturated heterocycles. The monoisotopic (exact) mass is 406 g/mol. The number of thiazole rings is 1. The van der Waals surface area contributed by atoms with Crippen LogP contribution in [0.3, 0.4) is 0 Å². The second-order valence-corrected chi connectivity index (χ2v) is 7.12. The van der Waals surface area contributed by atoms with E-state index < -0.39 is 0 Å². The molecule has 9 heteroatoms. The number of pyridine rings is 1. The molecule has 4 aromatic rings. The highest BCUT2D eigenvalue weighted by Crippen LogP contribution is 2.20. The van der Waals surface area contributed by atoms with Crippen LogP contribution < -0.4 is 10.6 Å². The van der Waals surface area contributed by atoms with E-state index in [9.17, 15) is 4.79 Å². The van der Waals surface area contributed by atoms with Crippen molar-refractivity contribution in [3.63, 3.8) is 0 Å². The van der Waals surface area contributed by atoms with Crippen molar-refractivity contribution in [2.45, 2.75) is 19.9 Å². The molecule has 1 amide bonds. The number of hydrogen-bond acceptors (Lipinski definition) is 8. The van der Waals surface area contributed by atoms with Crippen LogP contribution in [0.25, 0.3) is 11.4 Å². The van der Waals surface area contributed by atoms with E-state index >= 15 is 0 Å². The van der Waals surface area contributed by atoms with Gasteiger partial charge in [-0.2, -0.15) is 4.98 Å². The fourth-order valence-corrected chi connectivity index (χ4v) is 3.32. The summed E-state index contributed by atoms with van der Waals surface area (Å²) in [6.45, 7) is 2.09. The second-order valence-electron chi connectivity index (χ2n) is 6.26. The van der Waals surface area contributed by atoms with Gasteiger partial charge in [-0.3, -0.25) is 4.79 Å². The summed E-state index contributed by atoms with van der Waals surface area (Å²) in [6, 6.07) is 15.2. The minimum atomic E-state index is -0.171.